The van der Waals surface area contributed by atoms with Crippen LogP contribution in [0.3, 0.4) is 0 Å². The van der Waals surface area contributed by atoms with Crippen molar-refractivity contribution in [2.45, 2.75) is 19.4 Å². The standard InChI is InChI=1S/C26H24BrClN4O/c27-19-8-5-9-20(15-19)32-24-13-4-3-12-23(24)29-25(32)17-31-14-6-7-18(16-31)26(33)30-22-11-2-1-10-21(22)28/h1-5,8-13,15,18H,6-7,14,16-17H2,(H,30,33)/t18-/m1/s1. The fourth-order valence-corrected chi connectivity index (χ4v) is 5.07. The van der Waals surface area contributed by atoms with Crippen LogP contribution in [-0.4, -0.2) is 33.4 Å². The second-order valence-electron chi connectivity index (χ2n) is 8.38. The van der Waals surface area contributed by atoms with Crippen molar-refractivity contribution in [2.24, 2.45) is 5.92 Å². The Balaban J connectivity index is 1.38. The van der Waals surface area contributed by atoms with Crippen LogP contribution in [0.15, 0.2) is 77.3 Å². The molecule has 0 saturated carbocycles. The van der Waals surface area contributed by atoms with Gasteiger partial charge in [0.15, 0.2) is 0 Å². The molecule has 1 N–H and O–H groups in total. The van der Waals surface area contributed by atoms with E-state index in [0.29, 0.717) is 23.8 Å². The molecule has 3 aromatic carbocycles. The number of aromatic nitrogens is 2. The van der Waals surface area contributed by atoms with Crippen molar-refractivity contribution in [2.75, 3.05) is 18.4 Å². The highest BCUT2D eigenvalue weighted by Gasteiger charge is 2.27. The molecule has 0 bridgehead atoms. The minimum Gasteiger partial charge on any atom is -0.324 e. The fourth-order valence-electron chi connectivity index (χ4n) is 4.50. The van der Waals surface area contributed by atoms with Gasteiger partial charge in [0.2, 0.25) is 5.91 Å². The summed E-state index contributed by atoms with van der Waals surface area (Å²) in [6, 6.07) is 23.8. The molecule has 1 amide bonds. The first-order chi connectivity index (χ1) is 16.1. The molecule has 5 rings (SSSR count). The van der Waals surface area contributed by atoms with Gasteiger partial charge in [-0.2, -0.15) is 0 Å². The molecule has 5 nitrogen and oxygen atoms in total. The van der Waals surface area contributed by atoms with E-state index in [1.807, 2.05) is 48.5 Å². The van der Waals surface area contributed by atoms with Gasteiger partial charge < -0.3 is 5.32 Å². The van der Waals surface area contributed by atoms with Gasteiger partial charge in [0.05, 0.1) is 34.2 Å². The zero-order chi connectivity index (χ0) is 22.8. The number of hydrogen-bond donors (Lipinski definition) is 1. The molecule has 1 saturated heterocycles. The Morgan fingerprint density at radius 1 is 1.09 bits per heavy atom. The molecule has 1 aliphatic heterocycles. The van der Waals surface area contributed by atoms with Gasteiger partial charge in [0.25, 0.3) is 0 Å². The third-order valence-corrected chi connectivity index (χ3v) is 6.89. The molecule has 168 valence electrons. The summed E-state index contributed by atoms with van der Waals surface area (Å²) in [6.07, 6.45) is 1.84. The lowest BCUT2D eigenvalue weighted by Crippen LogP contribution is -2.40. The Kier molecular flexibility index (Phi) is 6.49. The Bertz CT molecular complexity index is 1300. The number of nitrogens with zero attached hydrogens (tertiary/aromatic N) is 3. The number of likely N-dealkylation sites (tertiary alicyclic amines) is 1. The lowest BCUT2D eigenvalue weighted by Gasteiger charge is -2.31. The predicted molar refractivity (Wildman–Crippen MR) is 137 cm³/mol. The molecule has 1 aliphatic rings. The molecule has 1 fully saturated rings. The van der Waals surface area contributed by atoms with Crippen molar-refractivity contribution in [1.82, 2.24) is 14.5 Å². The minimum atomic E-state index is -0.0845. The van der Waals surface area contributed by atoms with Gasteiger partial charge in [-0.3, -0.25) is 14.3 Å². The van der Waals surface area contributed by atoms with Crippen LogP contribution in [0.4, 0.5) is 5.69 Å². The van der Waals surface area contributed by atoms with Crippen molar-refractivity contribution in [3.63, 3.8) is 0 Å². The zero-order valence-electron chi connectivity index (χ0n) is 18.0. The maximum absolute atomic E-state index is 13.0. The van der Waals surface area contributed by atoms with Crippen LogP contribution in [0.2, 0.25) is 5.02 Å². The maximum Gasteiger partial charge on any atom is 0.228 e. The second-order valence-corrected chi connectivity index (χ2v) is 9.70. The topological polar surface area (TPSA) is 50.2 Å². The monoisotopic (exact) mass is 522 g/mol. The van der Waals surface area contributed by atoms with Gasteiger partial charge in [0.1, 0.15) is 5.82 Å². The highest BCUT2D eigenvalue weighted by molar-refractivity contribution is 9.10. The van der Waals surface area contributed by atoms with E-state index in [0.717, 1.165) is 46.4 Å². The highest BCUT2D eigenvalue weighted by Crippen LogP contribution is 2.27. The molecule has 2 heterocycles. The SMILES string of the molecule is O=C(Nc1ccccc1Cl)[C@@H]1CCCN(Cc2nc3ccccc3n2-c2cccc(Br)c2)C1. The van der Waals surface area contributed by atoms with E-state index in [2.05, 4.69) is 48.9 Å². The molecule has 1 aromatic heterocycles. The quantitative estimate of drug-likeness (QED) is 0.334. The average Bonchev–Trinajstić information content (AvgIpc) is 3.18. The van der Waals surface area contributed by atoms with E-state index in [-0.39, 0.29) is 11.8 Å². The zero-order valence-corrected chi connectivity index (χ0v) is 20.4. The molecule has 1 atom stereocenters. The maximum atomic E-state index is 13.0. The van der Waals surface area contributed by atoms with Crippen molar-refractivity contribution >= 4 is 50.2 Å². The third-order valence-electron chi connectivity index (χ3n) is 6.07. The molecule has 33 heavy (non-hydrogen) atoms. The van der Waals surface area contributed by atoms with Crippen LogP contribution in [0, 0.1) is 5.92 Å². The van der Waals surface area contributed by atoms with Crippen molar-refractivity contribution in [1.29, 1.82) is 0 Å². The van der Waals surface area contributed by atoms with Crippen LogP contribution < -0.4 is 5.32 Å². The summed E-state index contributed by atoms with van der Waals surface area (Å²) in [5, 5.41) is 3.56. The number of piperidine rings is 1. The van der Waals surface area contributed by atoms with Gasteiger partial charge in [-0.25, -0.2) is 4.98 Å². The number of hydrogen-bond acceptors (Lipinski definition) is 3. The smallest absolute Gasteiger partial charge is 0.228 e. The number of fused-ring (bicyclic) bond motifs is 1. The number of imidazole rings is 1. The summed E-state index contributed by atoms with van der Waals surface area (Å²) < 4.78 is 3.24. The van der Waals surface area contributed by atoms with E-state index < -0.39 is 0 Å². The molecule has 0 radical (unpaired) electrons. The number of carbonyl (C=O) groups excluding carboxylic acids is 1. The average molecular weight is 524 g/mol. The van der Waals surface area contributed by atoms with Gasteiger partial charge in [-0.1, -0.05) is 57.9 Å². The number of para-hydroxylation sites is 3. The van der Waals surface area contributed by atoms with Gasteiger partial charge in [-0.05, 0) is 61.9 Å². The minimum absolute atomic E-state index is 0.0216. The molecular weight excluding hydrogens is 500 g/mol. The third kappa shape index (κ3) is 4.83. The molecule has 0 unspecified atom stereocenters. The van der Waals surface area contributed by atoms with Crippen LogP contribution in [0.25, 0.3) is 16.7 Å². The fraction of sp³-hybridized carbons (Fsp3) is 0.231. The first kappa shape index (κ1) is 22.1. The first-order valence-corrected chi connectivity index (χ1v) is 12.3. The van der Waals surface area contributed by atoms with Crippen LogP contribution in [0.5, 0.6) is 0 Å². The summed E-state index contributed by atoms with van der Waals surface area (Å²) in [7, 11) is 0. The molecule has 0 aliphatic carbocycles. The van der Waals surface area contributed by atoms with Gasteiger partial charge in [-0.15, -0.1) is 0 Å². The number of nitrogens with one attached hydrogen (secondary N) is 1. The van der Waals surface area contributed by atoms with E-state index in [1.165, 1.54) is 0 Å². The summed E-state index contributed by atoms with van der Waals surface area (Å²) in [6.45, 7) is 2.31. The van der Waals surface area contributed by atoms with Gasteiger partial charge >= 0.3 is 0 Å². The summed E-state index contributed by atoms with van der Waals surface area (Å²) in [4.78, 5) is 20.2. The van der Waals surface area contributed by atoms with Crippen molar-refractivity contribution in [3.05, 3.63) is 88.1 Å². The number of anilines is 1. The molecule has 4 aromatic rings. The number of rotatable bonds is 5. The largest absolute Gasteiger partial charge is 0.324 e. The summed E-state index contributed by atoms with van der Waals surface area (Å²) in [5.74, 6) is 0.911. The van der Waals surface area contributed by atoms with Crippen LogP contribution in [-0.2, 0) is 11.3 Å². The van der Waals surface area contributed by atoms with E-state index in [4.69, 9.17) is 16.6 Å². The Morgan fingerprint density at radius 3 is 2.76 bits per heavy atom. The number of carbonyl (C=O) groups is 1. The normalized spacial score (nSPS) is 16.7. The number of benzene rings is 3. The predicted octanol–water partition coefficient (Wildman–Crippen LogP) is 6.29. The van der Waals surface area contributed by atoms with Crippen molar-refractivity contribution < 1.29 is 4.79 Å². The summed E-state index contributed by atoms with van der Waals surface area (Å²) in [5.41, 5.74) is 3.78. The van der Waals surface area contributed by atoms with E-state index in [9.17, 15) is 4.79 Å². The van der Waals surface area contributed by atoms with Crippen LogP contribution >= 0.6 is 27.5 Å². The van der Waals surface area contributed by atoms with E-state index >= 15 is 0 Å². The number of amides is 1. The van der Waals surface area contributed by atoms with Crippen LogP contribution in [0.1, 0.15) is 18.7 Å². The lowest BCUT2D eigenvalue weighted by atomic mass is 9.97. The molecule has 0 spiro atoms. The van der Waals surface area contributed by atoms with E-state index in [1.54, 1.807) is 6.07 Å². The Labute approximate surface area is 206 Å². The lowest BCUT2D eigenvalue weighted by molar-refractivity contribution is -0.121. The second kappa shape index (κ2) is 9.67. The Hall–Kier alpha value is -2.67. The number of halogens is 2. The highest BCUT2D eigenvalue weighted by atomic mass is 79.9. The summed E-state index contributed by atoms with van der Waals surface area (Å²) >= 11 is 9.82. The molecule has 7 heteroatoms. The van der Waals surface area contributed by atoms with Gasteiger partial charge in [0, 0.05) is 16.7 Å². The first-order valence-electron chi connectivity index (χ1n) is 11.1. The Morgan fingerprint density at radius 2 is 1.91 bits per heavy atom. The molecular formula is C26H24BrClN4O. The van der Waals surface area contributed by atoms with Crippen molar-refractivity contribution in [3.8, 4) is 5.69 Å².